The van der Waals surface area contributed by atoms with Crippen LogP contribution in [0.5, 0.6) is 0 Å². The molecule has 0 spiro atoms. The lowest BCUT2D eigenvalue weighted by molar-refractivity contribution is -0.0268. The van der Waals surface area contributed by atoms with Gasteiger partial charge in [0.25, 0.3) is 0 Å². The van der Waals surface area contributed by atoms with Crippen molar-refractivity contribution in [3.05, 3.63) is 53.7 Å². The fraction of sp³-hybridized carbons (Fsp3) is 0.421. The summed E-state index contributed by atoms with van der Waals surface area (Å²) >= 11 is 0. The van der Waals surface area contributed by atoms with E-state index in [2.05, 4.69) is 39.1 Å². The summed E-state index contributed by atoms with van der Waals surface area (Å²) in [5.41, 5.74) is 1.88. The Balaban J connectivity index is 1.60. The quantitative estimate of drug-likeness (QED) is 0.804. The third kappa shape index (κ3) is 4.75. The largest absolute Gasteiger partial charge is 0.374 e. The van der Waals surface area contributed by atoms with Crippen LogP contribution in [-0.2, 0) is 11.3 Å². The highest BCUT2D eigenvalue weighted by molar-refractivity contribution is 5.36. The van der Waals surface area contributed by atoms with Gasteiger partial charge in [-0.15, -0.1) is 5.10 Å². The molecule has 1 aliphatic heterocycles. The van der Waals surface area contributed by atoms with Crippen LogP contribution >= 0.6 is 0 Å². The number of hydrogen-bond donors (Lipinski definition) is 0. The lowest BCUT2D eigenvalue weighted by Crippen LogP contribution is -2.47. The predicted molar refractivity (Wildman–Crippen MR) is 96.1 cm³/mol. The van der Waals surface area contributed by atoms with Crippen LogP contribution in [0.3, 0.4) is 0 Å². The summed E-state index contributed by atoms with van der Waals surface area (Å²) in [6.07, 6.45) is 1.82. The van der Waals surface area contributed by atoms with Gasteiger partial charge in [-0.2, -0.15) is 10.4 Å². The number of ether oxygens (including phenoxy) is 1. The van der Waals surface area contributed by atoms with E-state index in [9.17, 15) is 0 Å². The SMILES string of the molecule is CCN(C[C@@H]1CN(Cc2cccc(C#N)c2)CCO1)c1cccnn1. The topological polar surface area (TPSA) is 65.3 Å². The molecular formula is C19H23N5O. The van der Waals surface area contributed by atoms with E-state index in [0.717, 1.165) is 45.1 Å². The highest BCUT2D eigenvalue weighted by Crippen LogP contribution is 2.15. The fourth-order valence-corrected chi connectivity index (χ4v) is 3.12. The van der Waals surface area contributed by atoms with Crippen molar-refractivity contribution in [2.24, 2.45) is 0 Å². The van der Waals surface area contributed by atoms with Gasteiger partial charge in [0, 0.05) is 38.9 Å². The Morgan fingerprint density at radius 1 is 1.36 bits per heavy atom. The Kier molecular flexibility index (Phi) is 5.94. The molecule has 130 valence electrons. The van der Waals surface area contributed by atoms with Gasteiger partial charge >= 0.3 is 0 Å². The fourth-order valence-electron chi connectivity index (χ4n) is 3.12. The summed E-state index contributed by atoms with van der Waals surface area (Å²) in [4.78, 5) is 4.58. The standard InChI is InChI=1S/C19H23N5O/c1-2-24(19-7-4-8-21-22-19)15-18-14-23(9-10-25-18)13-17-6-3-5-16(11-17)12-20/h3-8,11,18H,2,9-10,13-15H2,1H3/t18-/m0/s1. The molecule has 3 rings (SSSR count). The first-order valence-electron chi connectivity index (χ1n) is 8.64. The summed E-state index contributed by atoms with van der Waals surface area (Å²) < 4.78 is 5.96. The molecule has 1 fully saturated rings. The summed E-state index contributed by atoms with van der Waals surface area (Å²) in [7, 11) is 0. The number of anilines is 1. The first kappa shape index (κ1) is 17.3. The number of nitriles is 1. The average Bonchev–Trinajstić information content (AvgIpc) is 2.67. The lowest BCUT2D eigenvalue weighted by atomic mass is 10.1. The molecule has 25 heavy (non-hydrogen) atoms. The average molecular weight is 337 g/mol. The van der Waals surface area contributed by atoms with Crippen LogP contribution in [0.1, 0.15) is 18.1 Å². The van der Waals surface area contributed by atoms with Crippen LogP contribution in [0.4, 0.5) is 5.82 Å². The third-order valence-corrected chi connectivity index (χ3v) is 4.37. The number of likely N-dealkylation sites (N-methyl/N-ethyl adjacent to an activating group) is 1. The van der Waals surface area contributed by atoms with Crippen molar-refractivity contribution >= 4 is 5.82 Å². The summed E-state index contributed by atoms with van der Waals surface area (Å²) in [5, 5.41) is 17.2. The van der Waals surface area contributed by atoms with Crippen LogP contribution < -0.4 is 4.90 Å². The van der Waals surface area contributed by atoms with Gasteiger partial charge in [-0.1, -0.05) is 12.1 Å². The van der Waals surface area contributed by atoms with Crippen LogP contribution in [0, 0.1) is 11.3 Å². The first-order valence-corrected chi connectivity index (χ1v) is 8.64. The van der Waals surface area contributed by atoms with E-state index in [0.29, 0.717) is 5.56 Å². The Morgan fingerprint density at radius 3 is 3.04 bits per heavy atom. The molecule has 2 aromatic rings. The van der Waals surface area contributed by atoms with Crippen LogP contribution in [-0.4, -0.2) is 54.0 Å². The molecule has 6 heteroatoms. The molecule has 6 nitrogen and oxygen atoms in total. The Bertz CT molecular complexity index is 715. The van der Waals surface area contributed by atoms with Gasteiger partial charge in [-0.25, -0.2) is 0 Å². The Morgan fingerprint density at radius 2 is 2.28 bits per heavy atom. The van der Waals surface area contributed by atoms with E-state index in [1.807, 2.05) is 30.3 Å². The van der Waals surface area contributed by atoms with Crippen LogP contribution in [0.15, 0.2) is 42.6 Å². The minimum atomic E-state index is 0.134. The van der Waals surface area contributed by atoms with E-state index in [4.69, 9.17) is 10.00 Å². The molecule has 1 aliphatic rings. The second kappa shape index (κ2) is 8.56. The number of hydrogen-bond acceptors (Lipinski definition) is 6. The Labute approximate surface area is 148 Å². The maximum atomic E-state index is 9.04. The molecule has 2 heterocycles. The molecule has 0 unspecified atom stereocenters. The van der Waals surface area contributed by atoms with Gasteiger partial charge in [0.05, 0.1) is 24.3 Å². The molecule has 1 aromatic carbocycles. The molecule has 1 atom stereocenters. The number of benzene rings is 1. The van der Waals surface area contributed by atoms with Crippen molar-refractivity contribution in [1.82, 2.24) is 15.1 Å². The van der Waals surface area contributed by atoms with E-state index >= 15 is 0 Å². The minimum absolute atomic E-state index is 0.134. The zero-order valence-corrected chi connectivity index (χ0v) is 14.5. The summed E-state index contributed by atoms with van der Waals surface area (Å²) in [5.74, 6) is 0.882. The van der Waals surface area contributed by atoms with Crippen molar-refractivity contribution in [3.8, 4) is 6.07 Å². The summed E-state index contributed by atoms with van der Waals surface area (Å²) in [6, 6.07) is 13.9. The highest BCUT2D eigenvalue weighted by atomic mass is 16.5. The number of nitrogens with zero attached hydrogens (tertiary/aromatic N) is 5. The van der Waals surface area contributed by atoms with Gasteiger partial charge in [-0.05, 0) is 36.8 Å². The minimum Gasteiger partial charge on any atom is -0.374 e. The third-order valence-electron chi connectivity index (χ3n) is 4.37. The van der Waals surface area contributed by atoms with E-state index in [1.54, 1.807) is 6.20 Å². The van der Waals surface area contributed by atoms with Gasteiger partial charge in [0.2, 0.25) is 0 Å². The molecule has 1 saturated heterocycles. The van der Waals surface area contributed by atoms with E-state index in [-0.39, 0.29) is 6.10 Å². The maximum Gasteiger partial charge on any atom is 0.151 e. The van der Waals surface area contributed by atoms with Crippen LogP contribution in [0.2, 0.25) is 0 Å². The molecule has 1 aromatic heterocycles. The van der Waals surface area contributed by atoms with E-state index in [1.165, 1.54) is 5.56 Å². The highest BCUT2D eigenvalue weighted by Gasteiger charge is 2.23. The zero-order chi connectivity index (χ0) is 17.5. The van der Waals surface area contributed by atoms with Gasteiger partial charge < -0.3 is 9.64 Å². The molecular weight excluding hydrogens is 314 g/mol. The number of rotatable bonds is 6. The van der Waals surface area contributed by atoms with Gasteiger partial charge in [0.1, 0.15) is 0 Å². The Hall–Kier alpha value is -2.49. The smallest absolute Gasteiger partial charge is 0.151 e. The predicted octanol–water partition coefficient (Wildman–Crippen LogP) is 2.08. The number of aromatic nitrogens is 2. The van der Waals surface area contributed by atoms with Crippen molar-refractivity contribution in [2.75, 3.05) is 37.7 Å². The molecule has 0 radical (unpaired) electrons. The van der Waals surface area contributed by atoms with E-state index < -0.39 is 0 Å². The summed E-state index contributed by atoms with van der Waals surface area (Å²) in [6.45, 7) is 7.11. The molecule has 0 bridgehead atoms. The number of morpholine rings is 1. The molecule has 0 aliphatic carbocycles. The van der Waals surface area contributed by atoms with Crippen molar-refractivity contribution < 1.29 is 4.74 Å². The van der Waals surface area contributed by atoms with Gasteiger partial charge in [-0.3, -0.25) is 4.90 Å². The normalized spacial score (nSPS) is 17.8. The second-order valence-electron chi connectivity index (χ2n) is 6.16. The van der Waals surface area contributed by atoms with Gasteiger partial charge in [0.15, 0.2) is 5.82 Å². The monoisotopic (exact) mass is 337 g/mol. The van der Waals surface area contributed by atoms with Crippen molar-refractivity contribution in [2.45, 2.75) is 19.6 Å². The van der Waals surface area contributed by atoms with Crippen molar-refractivity contribution in [1.29, 1.82) is 5.26 Å². The molecule has 0 N–H and O–H groups in total. The molecule has 0 saturated carbocycles. The van der Waals surface area contributed by atoms with Crippen LogP contribution in [0.25, 0.3) is 0 Å². The van der Waals surface area contributed by atoms with Crippen molar-refractivity contribution in [3.63, 3.8) is 0 Å². The lowest BCUT2D eigenvalue weighted by Gasteiger charge is -2.35. The molecule has 0 amide bonds. The maximum absolute atomic E-state index is 9.04. The first-order chi connectivity index (χ1) is 12.3. The second-order valence-corrected chi connectivity index (χ2v) is 6.16. The zero-order valence-electron chi connectivity index (χ0n) is 14.5.